The summed E-state index contributed by atoms with van der Waals surface area (Å²) >= 11 is 0. The van der Waals surface area contributed by atoms with E-state index in [2.05, 4.69) is 27.9 Å². The molecule has 136 valence electrons. The van der Waals surface area contributed by atoms with E-state index in [1.165, 1.54) is 24.3 Å². The smallest absolute Gasteiger partial charge is 0.360 e. The molecule has 3 heterocycles. The van der Waals surface area contributed by atoms with Gasteiger partial charge in [-0.05, 0) is 24.6 Å². The predicted octanol–water partition coefficient (Wildman–Crippen LogP) is 1.66. The van der Waals surface area contributed by atoms with Crippen molar-refractivity contribution in [3.8, 4) is 11.5 Å². The number of ether oxygens (including phenoxy) is 2. The predicted molar refractivity (Wildman–Crippen MR) is 91.6 cm³/mol. The Balaban J connectivity index is 1.32. The first-order chi connectivity index (χ1) is 12.7. The maximum absolute atomic E-state index is 12.1. The number of benzene rings is 1. The van der Waals surface area contributed by atoms with E-state index in [1.807, 2.05) is 12.1 Å². The third-order valence-electron chi connectivity index (χ3n) is 4.71. The molecule has 1 aromatic heterocycles. The molecule has 0 bridgehead atoms. The van der Waals surface area contributed by atoms with Crippen LogP contribution in [0.1, 0.15) is 28.9 Å². The standard InChI is InChI=1S/C18H20N4O4/c1-13(14-2-3-16-17(8-14)25-12-24-16)21-4-6-22(7-5-21)26-18(23)15-9-19-11-20-10-15/h2-3,8-11,13H,4-7,12H2,1H3/t13-/m0/s1. The minimum atomic E-state index is -0.428. The van der Waals surface area contributed by atoms with Gasteiger partial charge < -0.3 is 14.3 Å². The maximum atomic E-state index is 12.1. The Morgan fingerprint density at radius 1 is 1.12 bits per heavy atom. The number of carbonyl (C=O) groups is 1. The van der Waals surface area contributed by atoms with Crippen LogP contribution in [0, 0.1) is 0 Å². The molecule has 0 unspecified atom stereocenters. The first-order valence-electron chi connectivity index (χ1n) is 8.56. The highest BCUT2D eigenvalue weighted by atomic mass is 16.7. The summed E-state index contributed by atoms with van der Waals surface area (Å²) in [6.45, 7) is 5.34. The third kappa shape index (κ3) is 3.47. The van der Waals surface area contributed by atoms with Gasteiger partial charge in [0, 0.05) is 44.6 Å². The molecule has 1 saturated heterocycles. The fourth-order valence-corrected chi connectivity index (χ4v) is 3.14. The zero-order valence-electron chi connectivity index (χ0n) is 14.5. The Bertz CT molecular complexity index is 778. The second-order valence-corrected chi connectivity index (χ2v) is 6.26. The van der Waals surface area contributed by atoms with Gasteiger partial charge in [0.2, 0.25) is 6.79 Å². The van der Waals surface area contributed by atoms with Crippen LogP contribution in [0.2, 0.25) is 0 Å². The van der Waals surface area contributed by atoms with E-state index < -0.39 is 5.97 Å². The van der Waals surface area contributed by atoms with Crippen LogP contribution in [-0.2, 0) is 4.84 Å². The minimum absolute atomic E-state index is 0.241. The zero-order chi connectivity index (χ0) is 17.9. The van der Waals surface area contributed by atoms with E-state index in [1.54, 1.807) is 5.06 Å². The largest absolute Gasteiger partial charge is 0.454 e. The van der Waals surface area contributed by atoms with Crippen molar-refractivity contribution in [1.29, 1.82) is 0 Å². The Labute approximate surface area is 151 Å². The van der Waals surface area contributed by atoms with Crippen LogP contribution in [0.5, 0.6) is 11.5 Å². The van der Waals surface area contributed by atoms with Gasteiger partial charge in [-0.3, -0.25) is 4.90 Å². The van der Waals surface area contributed by atoms with E-state index >= 15 is 0 Å². The lowest BCUT2D eigenvalue weighted by atomic mass is 10.1. The number of hydroxylamine groups is 2. The van der Waals surface area contributed by atoms with Gasteiger partial charge in [0.1, 0.15) is 6.33 Å². The Kier molecular flexibility index (Phi) is 4.68. The molecule has 1 atom stereocenters. The summed E-state index contributed by atoms with van der Waals surface area (Å²) in [6.07, 6.45) is 4.29. The average molecular weight is 356 g/mol. The summed E-state index contributed by atoms with van der Waals surface area (Å²) in [5.74, 6) is 1.16. The highest BCUT2D eigenvalue weighted by Gasteiger charge is 2.26. The van der Waals surface area contributed by atoms with Crippen molar-refractivity contribution >= 4 is 5.97 Å². The number of hydrogen-bond donors (Lipinski definition) is 0. The van der Waals surface area contributed by atoms with Crippen molar-refractivity contribution in [2.75, 3.05) is 33.0 Å². The highest BCUT2D eigenvalue weighted by Crippen LogP contribution is 2.35. The van der Waals surface area contributed by atoms with Crippen LogP contribution < -0.4 is 9.47 Å². The number of hydrogen-bond acceptors (Lipinski definition) is 8. The van der Waals surface area contributed by atoms with E-state index in [-0.39, 0.29) is 12.8 Å². The molecule has 1 fully saturated rings. The molecule has 0 spiro atoms. The van der Waals surface area contributed by atoms with E-state index in [4.69, 9.17) is 14.3 Å². The second-order valence-electron chi connectivity index (χ2n) is 6.26. The van der Waals surface area contributed by atoms with Gasteiger partial charge in [0.15, 0.2) is 11.5 Å². The van der Waals surface area contributed by atoms with Gasteiger partial charge in [-0.25, -0.2) is 14.8 Å². The molecule has 2 aromatic rings. The van der Waals surface area contributed by atoms with Gasteiger partial charge in [-0.15, -0.1) is 5.06 Å². The summed E-state index contributed by atoms with van der Waals surface area (Å²) in [5, 5.41) is 1.69. The van der Waals surface area contributed by atoms with Gasteiger partial charge >= 0.3 is 5.97 Å². The number of piperazine rings is 1. The molecular formula is C18H20N4O4. The molecule has 0 N–H and O–H groups in total. The first-order valence-corrected chi connectivity index (χ1v) is 8.56. The second kappa shape index (κ2) is 7.27. The van der Waals surface area contributed by atoms with Crippen molar-refractivity contribution in [2.24, 2.45) is 0 Å². The topological polar surface area (TPSA) is 77.0 Å². The molecule has 26 heavy (non-hydrogen) atoms. The van der Waals surface area contributed by atoms with Crippen LogP contribution in [0.3, 0.4) is 0 Å². The summed E-state index contributed by atoms with van der Waals surface area (Å²) in [4.78, 5) is 27.5. The van der Waals surface area contributed by atoms with Crippen molar-refractivity contribution in [3.63, 3.8) is 0 Å². The highest BCUT2D eigenvalue weighted by molar-refractivity contribution is 5.88. The Morgan fingerprint density at radius 3 is 2.62 bits per heavy atom. The summed E-state index contributed by atoms with van der Waals surface area (Å²) in [6, 6.07) is 6.30. The van der Waals surface area contributed by atoms with E-state index in [9.17, 15) is 4.79 Å². The fraction of sp³-hybridized carbons (Fsp3) is 0.389. The van der Waals surface area contributed by atoms with E-state index in [0.717, 1.165) is 24.6 Å². The summed E-state index contributed by atoms with van der Waals surface area (Å²) in [7, 11) is 0. The fourth-order valence-electron chi connectivity index (χ4n) is 3.14. The quantitative estimate of drug-likeness (QED) is 0.819. The SMILES string of the molecule is C[C@@H](c1ccc2c(c1)OCO2)N1CCN(OC(=O)c2cncnc2)CC1. The number of aromatic nitrogens is 2. The molecule has 4 rings (SSSR count). The van der Waals surface area contributed by atoms with Crippen molar-refractivity contribution in [1.82, 2.24) is 19.9 Å². The lowest BCUT2D eigenvalue weighted by Gasteiger charge is -2.37. The molecule has 0 amide bonds. The Hall–Kier alpha value is -2.71. The molecule has 8 heteroatoms. The van der Waals surface area contributed by atoms with Crippen LogP contribution in [0.25, 0.3) is 0 Å². The lowest BCUT2D eigenvalue weighted by molar-refractivity contribution is -0.133. The zero-order valence-corrected chi connectivity index (χ0v) is 14.5. The average Bonchev–Trinajstić information content (AvgIpc) is 3.16. The number of nitrogens with zero attached hydrogens (tertiary/aromatic N) is 4. The molecule has 1 aromatic carbocycles. The normalized spacial score (nSPS) is 18.5. The first kappa shape index (κ1) is 16.7. The van der Waals surface area contributed by atoms with Crippen molar-refractivity contribution in [3.05, 3.63) is 48.0 Å². The molecular weight excluding hydrogens is 336 g/mol. The van der Waals surface area contributed by atoms with Gasteiger partial charge in [-0.2, -0.15) is 0 Å². The van der Waals surface area contributed by atoms with Gasteiger partial charge in [0.25, 0.3) is 0 Å². The molecule has 0 radical (unpaired) electrons. The van der Waals surface area contributed by atoms with Crippen LogP contribution in [0.4, 0.5) is 0 Å². The van der Waals surface area contributed by atoms with Crippen LogP contribution in [-0.4, -0.2) is 58.9 Å². The number of fused-ring (bicyclic) bond motifs is 1. The molecule has 0 saturated carbocycles. The molecule has 2 aliphatic heterocycles. The van der Waals surface area contributed by atoms with Crippen molar-refractivity contribution in [2.45, 2.75) is 13.0 Å². The number of rotatable bonds is 4. The Morgan fingerprint density at radius 2 is 1.85 bits per heavy atom. The van der Waals surface area contributed by atoms with E-state index in [0.29, 0.717) is 18.7 Å². The van der Waals surface area contributed by atoms with Crippen LogP contribution in [0.15, 0.2) is 36.9 Å². The van der Waals surface area contributed by atoms with Gasteiger partial charge in [0.05, 0.1) is 5.56 Å². The summed E-state index contributed by atoms with van der Waals surface area (Å²) < 4.78 is 10.8. The third-order valence-corrected chi connectivity index (χ3v) is 4.71. The van der Waals surface area contributed by atoms with Crippen LogP contribution >= 0.6 is 0 Å². The van der Waals surface area contributed by atoms with Gasteiger partial charge in [-0.1, -0.05) is 6.07 Å². The molecule has 2 aliphatic rings. The monoisotopic (exact) mass is 356 g/mol. The molecule has 8 nitrogen and oxygen atoms in total. The minimum Gasteiger partial charge on any atom is -0.454 e. The lowest BCUT2D eigenvalue weighted by Crippen LogP contribution is -2.47. The number of carbonyl (C=O) groups excluding carboxylic acids is 1. The maximum Gasteiger partial charge on any atom is 0.360 e. The molecule has 0 aliphatic carbocycles. The summed E-state index contributed by atoms with van der Waals surface area (Å²) in [5.41, 5.74) is 1.53. The van der Waals surface area contributed by atoms with Crippen molar-refractivity contribution < 1.29 is 19.1 Å².